The van der Waals surface area contributed by atoms with Crippen molar-refractivity contribution in [3.05, 3.63) is 131 Å². The van der Waals surface area contributed by atoms with E-state index in [1.165, 1.54) is 0 Å². The highest BCUT2D eigenvalue weighted by atomic mass is 14.8. The molecule has 4 aromatic heterocycles. The third-order valence-electron chi connectivity index (χ3n) is 5.48. The number of aryl methyl sites for hydroxylation is 2. The molecule has 5 rings (SSSR count). The van der Waals surface area contributed by atoms with Crippen LogP contribution in [0.3, 0.4) is 0 Å². The number of benzene rings is 1. The maximum atomic E-state index is 4.52. The molecule has 0 atom stereocenters. The lowest BCUT2D eigenvalue weighted by Gasteiger charge is -2.01. The second-order valence-corrected chi connectivity index (χ2v) is 8.35. The maximum Gasteiger partial charge on any atom is 0.0887 e. The molecule has 170 valence electrons. The van der Waals surface area contributed by atoms with Crippen molar-refractivity contribution in [2.75, 3.05) is 0 Å². The van der Waals surface area contributed by atoms with E-state index in [-0.39, 0.29) is 0 Å². The molecule has 4 heteroatoms. The minimum atomic E-state index is 0.824. The largest absolute Gasteiger partial charge is 0.254 e. The quantitative estimate of drug-likeness (QED) is 0.301. The van der Waals surface area contributed by atoms with Crippen LogP contribution in [0.5, 0.6) is 0 Å². The minimum Gasteiger partial charge on any atom is -0.254 e. The first-order valence-electron chi connectivity index (χ1n) is 11.6. The van der Waals surface area contributed by atoms with Gasteiger partial charge in [0, 0.05) is 47.0 Å². The molecule has 0 saturated heterocycles. The first kappa shape index (κ1) is 22.7. The zero-order chi connectivity index (χ0) is 24.7. The van der Waals surface area contributed by atoms with Gasteiger partial charge in [-0.3, -0.25) is 19.9 Å². The molecular weight excluding hydrogens is 440 g/mol. The second-order valence-electron chi connectivity index (χ2n) is 8.35. The van der Waals surface area contributed by atoms with Gasteiger partial charge in [-0.15, -0.1) is 0 Å². The highest BCUT2D eigenvalue weighted by molar-refractivity contribution is 5.58. The fourth-order valence-electron chi connectivity index (χ4n) is 3.46. The van der Waals surface area contributed by atoms with Gasteiger partial charge in [0.25, 0.3) is 0 Å². The van der Waals surface area contributed by atoms with Crippen molar-refractivity contribution in [2.24, 2.45) is 0 Å². The average molecular weight is 463 g/mol. The van der Waals surface area contributed by atoms with Gasteiger partial charge in [0.05, 0.1) is 22.8 Å². The predicted octanol–water partition coefficient (Wildman–Crippen LogP) is 6.02. The molecule has 0 radical (unpaired) electrons. The Kier molecular flexibility index (Phi) is 6.61. The predicted molar refractivity (Wildman–Crippen MR) is 143 cm³/mol. The van der Waals surface area contributed by atoms with Crippen LogP contribution in [0, 0.1) is 37.5 Å². The summed E-state index contributed by atoms with van der Waals surface area (Å²) >= 11 is 0. The maximum absolute atomic E-state index is 4.52. The number of rotatable bonds is 2. The number of aromatic nitrogens is 4. The van der Waals surface area contributed by atoms with Gasteiger partial charge in [-0.05, 0) is 73.5 Å². The Morgan fingerprint density at radius 3 is 1.14 bits per heavy atom. The summed E-state index contributed by atoms with van der Waals surface area (Å²) in [6, 6.07) is 23.7. The SMILES string of the molecule is Cc1ccc(-c2ccc(C#Cc3ccccc3C#Cc3ccc(-c4ccc(C)cn4)nc3)cn2)nc1. The minimum absolute atomic E-state index is 0.824. The van der Waals surface area contributed by atoms with Crippen molar-refractivity contribution in [2.45, 2.75) is 13.8 Å². The summed E-state index contributed by atoms with van der Waals surface area (Å²) in [4.78, 5) is 17.9. The van der Waals surface area contributed by atoms with Crippen LogP contribution in [-0.4, -0.2) is 19.9 Å². The fraction of sp³-hybridized carbons (Fsp3) is 0.0625. The molecule has 0 saturated carbocycles. The molecule has 0 fully saturated rings. The number of nitrogens with zero attached hydrogens (tertiary/aromatic N) is 4. The molecule has 5 aromatic rings. The van der Waals surface area contributed by atoms with Gasteiger partial charge in [-0.1, -0.05) is 47.9 Å². The summed E-state index contributed by atoms with van der Waals surface area (Å²) in [6.45, 7) is 4.03. The molecular formula is C32H22N4. The smallest absolute Gasteiger partial charge is 0.0887 e. The van der Waals surface area contributed by atoms with Crippen LogP contribution in [0.2, 0.25) is 0 Å². The monoisotopic (exact) mass is 462 g/mol. The molecule has 0 spiro atoms. The van der Waals surface area contributed by atoms with Crippen molar-refractivity contribution < 1.29 is 0 Å². The van der Waals surface area contributed by atoms with Gasteiger partial charge in [-0.25, -0.2) is 0 Å². The molecule has 0 bridgehead atoms. The van der Waals surface area contributed by atoms with E-state index in [0.717, 1.165) is 56.2 Å². The van der Waals surface area contributed by atoms with Crippen molar-refractivity contribution in [1.29, 1.82) is 0 Å². The summed E-state index contributed by atoms with van der Waals surface area (Å²) < 4.78 is 0. The van der Waals surface area contributed by atoms with Crippen LogP contribution in [0.4, 0.5) is 0 Å². The molecule has 36 heavy (non-hydrogen) atoms. The average Bonchev–Trinajstić information content (AvgIpc) is 2.93. The van der Waals surface area contributed by atoms with E-state index in [9.17, 15) is 0 Å². The van der Waals surface area contributed by atoms with Crippen molar-refractivity contribution in [3.63, 3.8) is 0 Å². The van der Waals surface area contributed by atoms with Gasteiger partial charge in [0.2, 0.25) is 0 Å². The molecule has 4 nitrogen and oxygen atoms in total. The van der Waals surface area contributed by atoms with E-state index < -0.39 is 0 Å². The summed E-state index contributed by atoms with van der Waals surface area (Å²) in [5, 5.41) is 0. The number of hydrogen-bond donors (Lipinski definition) is 0. The Labute approximate surface area is 211 Å². The Bertz CT molecular complexity index is 1480. The lowest BCUT2D eigenvalue weighted by molar-refractivity contribution is 1.22. The van der Waals surface area contributed by atoms with Crippen LogP contribution in [0.1, 0.15) is 33.4 Å². The topological polar surface area (TPSA) is 51.6 Å². The summed E-state index contributed by atoms with van der Waals surface area (Å²) in [6.07, 6.45) is 7.23. The fourth-order valence-corrected chi connectivity index (χ4v) is 3.46. The van der Waals surface area contributed by atoms with Crippen molar-refractivity contribution >= 4 is 0 Å². The Balaban J connectivity index is 1.33. The standard InChI is InChI=1S/C32H22N4/c1-23-7-15-29(33-19-23)31-17-11-25(21-35-31)9-13-27-5-3-4-6-28(27)14-10-26-12-18-32(36-22-26)30-16-8-24(2)20-34-30/h3-8,11-12,15-22H,1-2H3. The Morgan fingerprint density at radius 1 is 0.417 bits per heavy atom. The highest BCUT2D eigenvalue weighted by Crippen LogP contribution is 2.16. The molecule has 4 heterocycles. The lowest BCUT2D eigenvalue weighted by Crippen LogP contribution is -1.89. The first-order chi connectivity index (χ1) is 17.6. The highest BCUT2D eigenvalue weighted by Gasteiger charge is 2.02. The van der Waals surface area contributed by atoms with Gasteiger partial charge in [-0.2, -0.15) is 0 Å². The molecule has 1 aromatic carbocycles. The Hall–Kier alpha value is -5.06. The zero-order valence-electron chi connectivity index (χ0n) is 20.0. The van der Waals surface area contributed by atoms with Gasteiger partial charge < -0.3 is 0 Å². The molecule has 0 amide bonds. The number of hydrogen-bond acceptors (Lipinski definition) is 4. The zero-order valence-corrected chi connectivity index (χ0v) is 20.0. The van der Waals surface area contributed by atoms with Crippen molar-refractivity contribution in [1.82, 2.24) is 19.9 Å². The summed E-state index contributed by atoms with van der Waals surface area (Å²) in [7, 11) is 0. The third kappa shape index (κ3) is 5.53. The van der Waals surface area contributed by atoms with E-state index in [2.05, 4.69) is 43.6 Å². The van der Waals surface area contributed by atoms with Gasteiger partial charge in [0.15, 0.2) is 0 Å². The lowest BCUT2D eigenvalue weighted by atomic mass is 10.1. The van der Waals surface area contributed by atoms with Gasteiger partial charge in [0.1, 0.15) is 0 Å². The molecule has 0 unspecified atom stereocenters. The van der Waals surface area contributed by atoms with Crippen LogP contribution in [0.25, 0.3) is 22.8 Å². The normalized spacial score (nSPS) is 10.1. The van der Waals surface area contributed by atoms with Gasteiger partial charge >= 0.3 is 0 Å². The van der Waals surface area contributed by atoms with Crippen molar-refractivity contribution in [3.8, 4) is 46.5 Å². The van der Waals surface area contributed by atoms with Crippen LogP contribution in [-0.2, 0) is 0 Å². The van der Waals surface area contributed by atoms with Crippen LogP contribution >= 0.6 is 0 Å². The second kappa shape index (κ2) is 10.5. The van der Waals surface area contributed by atoms with E-state index in [0.29, 0.717) is 0 Å². The Morgan fingerprint density at radius 2 is 0.806 bits per heavy atom. The number of pyridine rings is 4. The van der Waals surface area contributed by atoms with E-state index in [1.807, 2.05) is 99.0 Å². The van der Waals surface area contributed by atoms with E-state index in [1.54, 1.807) is 12.4 Å². The molecule has 0 aliphatic carbocycles. The van der Waals surface area contributed by atoms with Crippen LogP contribution < -0.4 is 0 Å². The molecule has 0 N–H and O–H groups in total. The summed E-state index contributed by atoms with van der Waals surface area (Å²) in [5.74, 6) is 12.9. The van der Waals surface area contributed by atoms with E-state index in [4.69, 9.17) is 0 Å². The third-order valence-corrected chi connectivity index (χ3v) is 5.48. The first-order valence-corrected chi connectivity index (χ1v) is 11.6. The van der Waals surface area contributed by atoms with Crippen LogP contribution in [0.15, 0.2) is 97.6 Å². The molecule has 0 aliphatic rings. The summed E-state index contributed by atoms with van der Waals surface area (Å²) in [5.41, 5.74) is 8.97. The molecule has 0 aliphatic heterocycles. The van der Waals surface area contributed by atoms with E-state index >= 15 is 0 Å².